The number of fused-ring (bicyclic) bond motifs is 1. The fraction of sp³-hybridized carbons (Fsp3) is 0. The second-order valence-electron chi connectivity index (χ2n) is 4.25. The summed E-state index contributed by atoms with van der Waals surface area (Å²) in [6.07, 6.45) is 1.72. The number of halogens is 1. The first-order valence-electron chi connectivity index (χ1n) is 5.89. The molecule has 0 amide bonds. The first-order chi connectivity index (χ1) is 9.24. The van der Waals surface area contributed by atoms with Gasteiger partial charge in [0.1, 0.15) is 0 Å². The van der Waals surface area contributed by atoms with E-state index in [0.717, 1.165) is 10.9 Å². The Morgan fingerprint density at radius 2 is 1.68 bits per heavy atom. The summed E-state index contributed by atoms with van der Waals surface area (Å²) >= 11 is 5.82. The van der Waals surface area contributed by atoms with Crippen molar-refractivity contribution >= 4 is 28.3 Å². The molecule has 0 saturated heterocycles. The van der Waals surface area contributed by atoms with E-state index in [1.165, 1.54) is 0 Å². The van der Waals surface area contributed by atoms with Crippen molar-refractivity contribution in [3.63, 3.8) is 0 Å². The van der Waals surface area contributed by atoms with E-state index < -0.39 is 0 Å². The van der Waals surface area contributed by atoms with E-state index in [9.17, 15) is 4.79 Å². The molecule has 0 saturated carbocycles. The highest BCUT2D eigenvalue weighted by Crippen LogP contribution is 2.17. The maximum absolute atomic E-state index is 12.3. The van der Waals surface area contributed by atoms with Crippen LogP contribution in [0.4, 0.5) is 0 Å². The molecule has 0 bridgehead atoms. The van der Waals surface area contributed by atoms with Gasteiger partial charge >= 0.3 is 0 Å². The van der Waals surface area contributed by atoms with Gasteiger partial charge in [-0.1, -0.05) is 29.8 Å². The van der Waals surface area contributed by atoms with Gasteiger partial charge in [-0.05, 0) is 36.4 Å². The van der Waals surface area contributed by atoms with Crippen molar-refractivity contribution in [3.8, 4) is 0 Å². The van der Waals surface area contributed by atoms with Crippen LogP contribution in [0, 0.1) is 0 Å². The van der Waals surface area contributed by atoms with Crippen LogP contribution >= 0.6 is 11.6 Å². The molecule has 1 aromatic heterocycles. The highest BCUT2D eigenvalue weighted by Gasteiger charge is 2.09. The third kappa shape index (κ3) is 2.35. The first-order valence-corrected chi connectivity index (χ1v) is 6.27. The number of carbonyl (C=O) groups is 1. The number of hydrogen-bond acceptors (Lipinski definition) is 2. The number of carbonyl (C=O) groups excluding carboxylic acids is 1. The zero-order chi connectivity index (χ0) is 13.2. The fourth-order valence-electron chi connectivity index (χ4n) is 1.98. The monoisotopic (exact) mass is 267 g/mol. The van der Waals surface area contributed by atoms with Crippen molar-refractivity contribution < 1.29 is 4.79 Å². The highest BCUT2D eigenvalue weighted by atomic mass is 35.5. The zero-order valence-electron chi connectivity index (χ0n) is 10.0. The SMILES string of the molecule is O=C(c1ccc(Cl)cc1)c1ccc2cccnc2c1. The van der Waals surface area contributed by atoms with E-state index in [1.54, 1.807) is 30.5 Å². The minimum absolute atomic E-state index is 0.0239. The average Bonchev–Trinajstić information content (AvgIpc) is 2.47. The molecule has 0 aliphatic heterocycles. The molecule has 2 aromatic carbocycles. The number of hydrogen-bond donors (Lipinski definition) is 0. The van der Waals surface area contributed by atoms with Gasteiger partial charge in [-0.25, -0.2) is 0 Å². The number of ketones is 1. The smallest absolute Gasteiger partial charge is 0.193 e. The first kappa shape index (κ1) is 11.9. The van der Waals surface area contributed by atoms with Crippen LogP contribution in [0.3, 0.4) is 0 Å². The van der Waals surface area contributed by atoms with E-state index in [0.29, 0.717) is 16.1 Å². The molecule has 92 valence electrons. The van der Waals surface area contributed by atoms with Crippen LogP contribution in [-0.2, 0) is 0 Å². The Balaban J connectivity index is 2.04. The van der Waals surface area contributed by atoms with Gasteiger partial charge in [-0.3, -0.25) is 9.78 Å². The molecule has 0 atom stereocenters. The number of pyridine rings is 1. The summed E-state index contributed by atoms with van der Waals surface area (Å²) < 4.78 is 0. The molecule has 0 unspecified atom stereocenters. The molecular weight excluding hydrogens is 258 g/mol. The molecule has 0 N–H and O–H groups in total. The minimum atomic E-state index is -0.0239. The quantitative estimate of drug-likeness (QED) is 0.654. The Morgan fingerprint density at radius 1 is 0.947 bits per heavy atom. The summed E-state index contributed by atoms with van der Waals surface area (Å²) in [4.78, 5) is 16.6. The Bertz CT molecular complexity index is 750. The summed E-state index contributed by atoms with van der Waals surface area (Å²) in [5.74, 6) is -0.0239. The van der Waals surface area contributed by atoms with Gasteiger partial charge in [0, 0.05) is 27.7 Å². The number of rotatable bonds is 2. The molecule has 1 heterocycles. The van der Waals surface area contributed by atoms with E-state index >= 15 is 0 Å². The lowest BCUT2D eigenvalue weighted by Gasteiger charge is -2.03. The van der Waals surface area contributed by atoms with Gasteiger partial charge < -0.3 is 0 Å². The van der Waals surface area contributed by atoms with Gasteiger partial charge in [0.05, 0.1) is 5.52 Å². The number of benzene rings is 2. The Morgan fingerprint density at radius 3 is 2.47 bits per heavy atom. The van der Waals surface area contributed by atoms with Gasteiger partial charge in [0.2, 0.25) is 0 Å². The van der Waals surface area contributed by atoms with Crippen LogP contribution in [0.1, 0.15) is 15.9 Å². The van der Waals surface area contributed by atoms with E-state index in [4.69, 9.17) is 11.6 Å². The van der Waals surface area contributed by atoms with Crippen LogP contribution in [0.2, 0.25) is 5.02 Å². The van der Waals surface area contributed by atoms with E-state index in [1.807, 2.05) is 30.3 Å². The molecule has 19 heavy (non-hydrogen) atoms. The maximum atomic E-state index is 12.3. The Hall–Kier alpha value is -2.19. The zero-order valence-corrected chi connectivity index (χ0v) is 10.8. The maximum Gasteiger partial charge on any atom is 0.193 e. The van der Waals surface area contributed by atoms with Crippen molar-refractivity contribution in [3.05, 3.63) is 76.9 Å². The van der Waals surface area contributed by atoms with E-state index in [2.05, 4.69) is 4.98 Å². The van der Waals surface area contributed by atoms with Crippen LogP contribution in [0.15, 0.2) is 60.8 Å². The van der Waals surface area contributed by atoms with Gasteiger partial charge in [0.15, 0.2) is 5.78 Å². The van der Waals surface area contributed by atoms with Gasteiger partial charge in [-0.15, -0.1) is 0 Å². The molecule has 2 nitrogen and oxygen atoms in total. The van der Waals surface area contributed by atoms with Crippen molar-refractivity contribution in [2.24, 2.45) is 0 Å². The summed E-state index contributed by atoms with van der Waals surface area (Å²) in [6, 6.07) is 16.3. The van der Waals surface area contributed by atoms with Crippen molar-refractivity contribution in [2.45, 2.75) is 0 Å². The van der Waals surface area contributed by atoms with E-state index in [-0.39, 0.29) is 5.78 Å². The van der Waals surface area contributed by atoms with Crippen LogP contribution < -0.4 is 0 Å². The average molecular weight is 268 g/mol. The number of nitrogens with zero attached hydrogens (tertiary/aromatic N) is 1. The molecule has 3 rings (SSSR count). The standard InChI is InChI=1S/C16H10ClNO/c17-14-7-5-12(6-8-14)16(19)13-4-3-11-2-1-9-18-15(11)10-13/h1-10H. The lowest BCUT2D eigenvalue weighted by Crippen LogP contribution is -2.00. The Labute approximate surface area is 115 Å². The predicted molar refractivity (Wildman–Crippen MR) is 76.6 cm³/mol. The third-order valence-electron chi connectivity index (χ3n) is 2.97. The molecule has 0 radical (unpaired) electrons. The number of aromatic nitrogens is 1. The second-order valence-corrected chi connectivity index (χ2v) is 4.68. The fourth-order valence-corrected chi connectivity index (χ4v) is 2.10. The highest BCUT2D eigenvalue weighted by molar-refractivity contribution is 6.30. The summed E-state index contributed by atoms with van der Waals surface area (Å²) in [5, 5.41) is 1.65. The van der Waals surface area contributed by atoms with Crippen molar-refractivity contribution in [2.75, 3.05) is 0 Å². The Kier molecular flexibility index (Phi) is 3.02. The lowest BCUT2D eigenvalue weighted by atomic mass is 10.0. The van der Waals surface area contributed by atoms with Crippen molar-refractivity contribution in [1.29, 1.82) is 0 Å². The summed E-state index contributed by atoms with van der Waals surface area (Å²) in [5.41, 5.74) is 2.08. The summed E-state index contributed by atoms with van der Waals surface area (Å²) in [6.45, 7) is 0. The normalized spacial score (nSPS) is 10.6. The molecule has 0 spiro atoms. The summed E-state index contributed by atoms with van der Waals surface area (Å²) in [7, 11) is 0. The largest absolute Gasteiger partial charge is 0.289 e. The lowest BCUT2D eigenvalue weighted by molar-refractivity contribution is 0.103. The second kappa shape index (κ2) is 4.82. The predicted octanol–water partition coefficient (Wildman–Crippen LogP) is 4.12. The molecule has 3 aromatic rings. The topological polar surface area (TPSA) is 30.0 Å². The minimum Gasteiger partial charge on any atom is -0.289 e. The molecule has 3 heteroatoms. The van der Waals surface area contributed by atoms with Gasteiger partial charge in [-0.2, -0.15) is 0 Å². The van der Waals surface area contributed by atoms with Gasteiger partial charge in [0.25, 0.3) is 0 Å². The molecular formula is C16H10ClNO. The molecule has 0 fully saturated rings. The molecule has 0 aliphatic rings. The van der Waals surface area contributed by atoms with Crippen molar-refractivity contribution in [1.82, 2.24) is 4.98 Å². The van der Waals surface area contributed by atoms with Crippen LogP contribution in [-0.4, -0.2) is 10.8 Å². The molecule has 0 aliphatic carbocycles. The third-order valence-corrected chi connectivity index (χ3v) is 3.23. The van der Waals surface area contributed by atoms with Crippen LogP contribution in [0.5, 0.6) is 0 Å². The van der Waals surface area contributed by atoms with Crippen LogP contribution in [0.25, 0.3) is 10.9 Å².